The van der Waals surface area contributed by atoms with Gasteiger partial charge in [0.25, 0.3) is 0 Å². The molecule has 0 spiro atoms. The topological polar surface area (TPSA) is 52.6 Å². The summed E-state index contributed by atoms with van der Waals surface area (Å²) in [6.45, 7) is 10.5. The maximum absolute atomic E-state index is 12.4. The minimum atomic E-state index is -0.278. The zero-order valence-corrected chi connectivity index (χ0v) is 19.8. The molecule has 1 aromatic carbocycles. The molecule has 0 saturated carbocycles. The molecule has 0 saturated heterocycles. The molecule has 0 radical (unpaired) electrons. The molecule has 0 aliphatic rings. The Balaban J connectivity index is 2.85. The SMILES string of the molecule is CCCCCCCCc1cccc(OC(=O)CCC(C)C)c1OC(=O)CCC(C)C. The number of hydrogen-bond donors (Lipinski definition) is 0. The van der Waals surface area contributed by atoms with Crippen molar-refractivity contribution >= 4 is 11.9 Å². The van der Waals surface area contributed by atoms with Gasteiger partial charge < -0.3 is 9.47 Å². The molecule has 0 aromatic heterocycles. The van der Waals surface area contributed by atoms with Gasteiger partial charge in [0.05, 0.1) is 0 Å². The van der Waals surface area contributed by atoms with Gasteiger partial charge in [-0.3, -0.25) is 9.59 Å². The van der Waals surface area contributed by atoms with Crippen LogP contribution in [0.2, 0.25) is 0 Å². The molecule has 0 heterocycles. The molecule has 30 heavy (non-hydrogen) atoms. The minimum Gasteiger partial charge on any atom is -0.423 e. The van der Waals surface area contributed by atoms with Gasteiger partial charge >= 0.3 is 11.9 Å². The van der Waals surface area contributed by atoms with E-state index in [1.807, 2.05) is 12.1 Å². The van der Waals surface area contributed by atoms with E-state index in [9.17, 15) is 9.59 Å². The summed E-state index contributed by atoms with van der Waals surface area (Å²) in [5, 5.41) is 0. The summed E-state index contributed by atoms with van der Waals surface area (Å²) < 4.78 is 11.3. The van der Waals surface area contributed by atoms with Crippen LogP contribution in [0.25, 0.3) is 0 Å². The van der Waals surface area contributed by atoms with E-state index in [2.05, 4.69) is 34.6 Å². The first-order valence-corrected chi connectivity index (χ1v) is 11.9. The fourth-order valence-electron chi connectivity index (χ4n) is 3.20. The highest BCUT2D eigenvalue weighted by molar-refractivity contribution is 5.76. The van der Waals surface area contributed by atoms with Gasteiger partial charge in [-0.15, -0.1) is 0 Å². The summed E-state index contributed by atoms with van der Waals surface area (Å²) in [7, 11) is 0. The largest absolute Gasteiger partial charge is 0.423 e. The molecule has 0 atom stereocenters. The lowest BCUT2D eigenvalue weighted by Crippen LogP contribution is -2.14. The lowest BCUT2D eigenvalue weighted by molar-refractivity contribution is -0.137. The van der Waals surface area contributed by atoms with E-state index in [0.717, 1.165) is 37.7 Å². The summed E-state index contributed by atoms with van der Waals surface area (Å²) in [6, 6.07) is 5.58. The summed E-state index contributed by atoms with van der Waals surface area (Å²) in [5.74, 6) is 1.12. The van der Waals surface area contributed by atoms with Crippen molar-refractivity contribution in [2.45, 2.75) is 105 Å². The van der Waals surface area contributed by atoms with Crippen molar-refractivity contribution in [1.82, 2.24) is 0 Å². The number of esters is 2. The van der Waals surface area contributed by atoms with E-state index in [1.54, 1.807) is 6.07 Å². The number of para-hydroxylation sites is 1. The first kappa shape index (κ1) is 26.2. The van der Waals surface area contributed by atoms with Gasteiger partial charge in [-0.1, -0.05) is 78.9 Å². The molecule has 1 rings (SSSR count). The zero-order valence-electron chi connectivity index (χ0n) is 19.8. The average Bonchev–Trinajstić information content (AvgIpc) is 2.69. The van der Waals surface area contributed by atoms with Gasteiger partial charge in [0.1, 0.15) is 0 Å². The van der Waals surface area contributed by atoms with Crippen molar-refractivity contribution in [3.8, 4) is 11.5 Å². The summed E-state index contributed by atoms with van der Waals surface area (Å²) in [5.41, 5.74) is 0.942. The number of benzene rings is 1. The summed E-state index contributed by atoms with van der Waals surface area (Å²) in [6.07, 6.45) is 10.3. The van der Waals surface area contributed by atoms with Gasteiger partial charge in [-0.25, -0.2) is 0 Å². The third-order valence-corrected chi connectivity index (χ3v) is 5.15. The predicted octanol–water partition coefficient (Wildman–Crippen LogP) is 7.27. The fraction of sp³-hybridized carbons (Fsp3) is 0.692. The first-order valence-electron chi connectivity index (χ1n) is 11.9. The molecule has 0 aliphatic heterocycles. The van der Waals surface area contributed by atoms with Crippen LogP contribution in [0, 0.1) is 11.8 Å². The van der Waals surface area contributed by atoms with Crippen molar-refractivity contribution in [1.29, 1.82) is 0 Å². The second-order valence-electron chi connectivity index (χ2n) is 9.08. The monoisotopic (exact) mass is 418 g/mol. The number of aryl methyl sites for hydroxylation is 1. The van der Waals surface area contributed by atoms with Crippen molar-refractivity contribution in [3.63, 3.8) is 0 Å². The fourth-order valence-corrected chi connectivity index (χ4v) is 3.20. The number of carbonyl (C=O) groups excluding carboxylic acids is 2. The van der Waals surface area contributed by atoms with Gasteiger partial charge in [-0.2, -0.15) is 0 Å². The number of hydrogen-bond acceptors (Lipinski definition) is 4. The molecular weight excluding hydrogens is 376 g/mol. The molecule has 0 N–H and O–H groups in total. The third kappa shape index (κ3) is 11.4. The Morgan fingerprint density at radius 1 is 0.800 bits per heavy atom. The average molecular weight is 419 g/mol. The highest BCUT2D eigenvalue weighted by atomic mass is 16.6. The summed E-state index contributed by atoms with van der Waals surface area (Å²) in [4.78, 5) is 24.7. The van der Waals surface area contributed by atoms with Crippen LogP contribution in [0.4, 0.5) is 0 Å². The Bertz CT molecular complexity index is 634. The van der Waals surface area contributed by atoms with E-state index in [0.29, 0.717) is 36.2 Å². The second-order valence-corrected chi connectivity index (χ2v) is 9.08. The molecule has 4 nitrogen and oxygen atoms in total. The van der Waals surface area contributed by atoms with Gasteiger partial charge in [0, 0.05) is 12.8 Å². The standard InChI is InChI=1S/C26H42O4/c1-6-7-8-9-10-11-13-22-14-12-15-23(29-24(27)18-16-20(2)3)26(22)30-25(28)19-17-21(4)5/h12,14-15,20-21H,6-11,13,16-19H2,1-5H3. The summed E-state index contributed by atoms with van der Waals surface area (Å²) >= 11 is 0. The van der Waals surface area contributed by atoms with Crippen LogP contribution in [-0.2, 0) is 16.0 Å². The minimum absolute atomic E-state index is 0.265. The molecule has 170 valence electrons. The molecular formula is C26H42O4. The number of carbonyl (C=O) groups is 2. The molecule has 0 aliphatic carbocycles. The third-order valence-electron chi connectivity index (χ3n) is 5.15. The Morgan fingerprint density at radius 3 is 1.97 bits per heavy atom. The van der Waals surface area contributed by atoms with Crippen LogP contribution in [0.15, 0.2) is 18.2 Å². The highest BCUT2D eigenvalue weighted by Gasteiger charge is 2.18. The molecule has 0 unspecified atom stereocenters. The Morgan fingerprint density at radius 2 is 1.37 bits per heavy atom. The van der Waals surface area contributed by atoms with Crippen LogP contribution in [0.5, 0.6) is 11.5 Å². The van der Waals surface area contributed by atoms with E-state index in [-0.39, 0.29) is 11.9 Å². The predicted molar refractivity (Wildman–Crippen MR) is 123 cm³/mol. The van der Waals surface area contributed by atoms with Crippen LogP contribution in [0.3, 0.4) is 0 Å². The van der Waals surface area contributed by atoms with Crippen LogP contribution in [0.1, 0.15) is 104 Å². The van der Waals surface area contributed by atoms with Crippen molar-refractivity contribution < 1.29 is 19.1 Å². The molecule has 0 amide bonds. The van der Waals surface area contributed by atoms with Gasteiger partial charge in [0.15, 0.2) is 11.5 Å². The Kier molecular flexibility index (Phi) is 13.1. The zero-order chi connectivity index (χ0) is 22.4. The molecule has 0 bridgehead atoms. The van der Waals surface area contributed by atoms with Gasteiger partial charge in [-0.05, 0) is 49.1 Å². The van der Waals surface area contributed by atoms with Crippen molar-refractivity contribution in [3.05, 3.63) is 23.8 Å². The van der Waals surface area contributed by atoms with E-state index < -0.39 is 0 Å². The maximum atomic E-state index is 12.4. The molecule has 0 fully saturated rings. The van der Waals surface area contributed by atoms with Crippen molar-refractivity contribution in [2.24, 2.45) is 11.8 Å². The first-order chi connectivity index (χ1) is 14.3. The van der Waals surface area contributed by atoms with E-state index >= 15 is 0 Å². The lowest BCUT2D eigenvalue weighted by atomic mass is 10.0. The number of unbranched alkanes of at least 4 members (excludes halogenated alkanes) is 5. The highest BCUT2D eigenvalue weighted by Crippen LogP contribution is 2.33. The van der Waals surface area contributed by atoms with Crippen LogP contribution in [-0.4, -0.2) is 11.9 Å². The quantitative estimate of drug-likeness (QED) is 0.171. The lowest BCUT2D eigenvalue weighted by Gasteiger charge is -2.15. The van der Waals surface area contributed by atoms with Crippen molar-refractivity contribution in [2.75, 3.05) is 0 Å². The second kappa shape index (κ2) is 15.0. The Labute approximate surface area is 183 Å². The van der Waals surface area contributed by atoms with Gasteiger partial charge in [0.2, 0.25) is 0 Å². The molecule has 4 heteroatoms. The normalized spacial score (nSPS) is 11.2. The van der Waals surface area contributed by atoms with Crippen LogP contribution >= 0.6 is 0 Å². The smallest absolute Gasteiger partial charge is 0.311 e. The number of ether oxygens (including phenoxy) is 2. The van der Waals surface area contributed by atoms with Crippen LogP contribution < -0.4 is 9.47 Å². The Hall–Kier alpha value is -1.84. The van der Waals surface area contributed by atoms with E-state index in [1.165, 1.54) is 25.7 Å². The number of rotatable bonds is 15. The van der Waals surface area contributed by atoms with E-state index in [4.69, 9.17) is 9.47 Å². The molecule has 1 aromatic rings. The maximum Gasteiger partial charge on any atom is 0.311 e.